The van der Waals surface area contributed by atoms with Crippen LogP contribution in [0.3, 0.4) is 0 Å². The van der Waals surface area contributed by atoms with E-state index in [2.05, 4.69) is 15.9 Å². The Morgan fingerprint density at radius 2 is 2.29 bits per heavy atom. The number of carbonyl (C=O) groups excluding carboxylic acids is 1. The molecule has 0 unspecified atom stereocenters. The van der Waals surface area contributed by atoms with E-state index in [0.717, 1.165) is 6.42 Å². The van der Waals surface area contributed by atoms with Crippen molar-refractivity contribution in [1.82, 2.24) is 4.90 Å². The number of halogens is 1. The van der Waals surface area contributed by atoms with Gasteiger partial charge in [0, 0.05) is 26.8 Å². The highest BCUT2D eigenvalue weighted by Gasteiger charge is 2.18. The van der Waals surface area contributed by atoms with Crippen LogP contribution >= 0.6 is 15.9 Å². The quantitative estimate of drug-likeness (QED) is 0.776. The van der Waals surface area contributed by atoms with Crippen molar-refractivity contribution in [2.45, 2.75) is 6.42 Å². The van der Waals surface area contributed by atoms with E-state index >= 15 is 0 Å². The Kier molecular flexibility index (Phi) is 6.25. The monoisotopic (exact) mass is 305 g/mol. The lowest BCUT2D eigenvalue weighted by Gasteiger charge is -2.20. The summed E-state index contributed by atoms with van der Waals surface area (Å²) < 4.78 is 10.6. The van der Waals surface area contributed by atoms with E-state index < -0.39 is 0 Å². The van der Waals surface area contributed by atoms with Gasteiger partial charge in [-0.25, -0.2) is 0 Å². The number of hydrogen-bond acceptors (Lipinski definition) is 4. The van der Waals surface area contributed by atoms with Gasteiger partial charge in [-0.15, -0.1) is 0 Å². The highest BCUT2D eigenvalue weighted by atomic mass is 79.9. The number of methoxy groups -OCH3 is 1. The first-order chi connectivity index (χ1) is 8.19. The van der Waals surface area contributed by atoms with E-state index in [1.807, 2.05) is 0 Å². The maximum Gasteiger partial charge on any atom is 0.289 e. The van der Waals surface area contributed by atoms with Crippen molar-refractivity contribution in [3.05, 3.63) is 22.6 Å². The summed E-state index contributed by atoms with van der Waals surface area (Å²) in [5.74, 6) is 0.0450. The molecule has 5 nitrogen and oxygen atoms in total. The smallest absolute Gasteiger partial charge is 0.289 e. The Hall–Kier alpha value is -0.850. The van der Waals surface area contributed by atoms with E-state index in [1.54, 1.807) is 24.1 Å². The van der Waals surface area contributed by atoms with Crippen molar-refractivity contribution >= 4 is 21.8 Å². The predicted octanol–water partition coefficient (Wildman–Crippen LogP) is 1.51. The standard InChI is InChI=1S/C11H16BrNO4/c1-16-8-2-5-13(6-7-14)11(15)9-3-4-10(12)17-9/h3-4,14H,2,5-8H2,1H3. The van der Waals surface area contributed by atoms with Gasteiger partial charge < -0.3 is 19.2 Å². The van der Waals surface area contributed by atoms with Crippen LogP contribution in [0.4, 0.5) is 0 Å². The van der Waals surface area contributed by atoms with Crippen LogP contribution in [0.15, 0.2) is 21.2 Å². The maximum absolute atomic E-state index is 12.0. The highest BCUT2D eigenvalue weighted by Crippen LogP contribution is 2.15. The van der Waals surface area contributed by atoms with Gasteiger partial charge in [-0.1, -0.05) is 0 Å². The van der Waals surface area contributed by atoms with Gasteiger partial charge in [0.05, 0.1) is 6.61 Å². The summed E-state index contributed by atoms with van der Waals surface area (Å²) in [4.78, 5) is 13.5. The predicted molar refractivity (Wildman–Crippen MR) is 65.9 cm³/mol. The Bertz CT molecular complexity index is 353. The molecule has 0 saturated carbocycles. The van der Waals surface area contributed by atoms with Gasteiger partial charge in [-0.05, 0) is 34.5 Å². The van der Waals surface area contributed by atoms with E-state index in [9.17, 15) is 4.79 Å². The number of aliphatic hydroxyl groups is 1. The van der Waals surface area contributed by atoms with Gasteiger partial charge in [0.15, 0.2) is 10.4 Å². The molecule has 0 atom stereocenters. The number of carbonyl (C=O) groups is 1. The first-order valence-corrected chi connectivity index (χ1v) is 6.12. The molecule has 0 aromatic carbocycles. The Balaban J connectivity index is 2.59. The third kappa shape index (κ3) is 4.49. The van der Waals surface area contributed by atoms with Crippen molar-refractivity contribution in [2.24, 2.45) is 0 Å². The van der Waals surface area contributed by atoms with E-state index in [4.69, 9.17) is 14.3 Å². The summed E-state index contributed by atoms with van der Waals surface area (Å²) >= 11 is 3.15. The van der Waals surface area contributed by atoms with E-state index in [0.29, 0.717) is 24.4 Å². The molecule has 0 radical (unpaired) electrons. The lowest BCUT2D eigenvalue weighted by Crippen LogP contribution is -2.34. The van der Waals surface area contributed by atoms with Crippen LogP contribution in [0.2, 0.25) is 0 Å². The lowest BCUT2D eigenvalue weighted by atomic mass is 10.3. The van der Waals surface area contributed by atoms with Crippen molar-refractivity contribution in [3.63, 3.8) is 0 Å². The van der Waals surface area contributed by atoms with Crippen molar-refractivity contribution in [3.8, 4) is 0 Å². The SMILES string of the molecule is COCCCN(CCO)C(=O)c1ccc(Br)o1. The minimum absolute atomic E-state index is 0.0688. The van der Waals surface area contributed by atoms with E-state index in [1.165, 1.54) is 0 Å². The molecule has 1 N–H and O–H groups in total. The Labute approximate surface area is 108 Å². The summed E-state index contributed by atoms with van der Waals surface area (Å²) in [6, 6.07) is 3.27. The maximum atomic E-state index is 12.0. The third-order valence-electron chi connectivity index (χ3n) is 2.22. The summed E-state index contributed by atoms with van der Waals surface area (Å²) in [6.07, 6.45) is 0.726. The number of amides is 1. The number of hydrogen-bond donors (Lipinski definition) is 1. The molecule has 17 heavy (non-hydrogen) atoms. The van der Waals surface area contributed by atoms with Gasteiger partial charge in [0.2, 0.25) is 0 Å². The first-order valence-electron chi connectivity index (χ1n) is 5.33. The fourth-order valence-corrected chi connectivity index (χ4v) is 1.73. The topological polar surface area (TPSA) is 62.9 Å². The second-order valence-corrected chi connectivity index (χ2v) is 4.25. The number of aliphatic hydroxyl groups excluding tert-OH is 1. The van der Waals surface area contributed by atoms with Gasteiger partial charge in [-0.3, -0.25) is 4.79 Å². The van der Waals surface area contributed by atoms with Crippen LogP contribution in [-0.4, -0.2) is 49.3 Å². The van der Waals surface area contributed by atoms with Gasteiger partial charge >= 0.3 is 0 Å². The fraction of sp³-hybridized carbons (Fsp3) is 0.545. The molecule has 0 saturated heterocycles. The van der Waals surface area contributed by atoms with E-state index in [-0.39, 0.29) is 18.3 Å². The molecule has 1 aromatic heterocycles. The molecule has 0 aliphatic heterocycles. The molecular formula is C11H16BrNO4. The van der Waals surface area contributed by atoms with Gasteiger partial charge in [0.1, 0.15) is 0 Å². The zero-order chi connectivity index (χ0) is 12.7. The average molecular weight is 306 g/mol. The minimum atomic E-state index is -0.221. The van der Waals surface area contributed by atoms with Crippen LogP contribution in [-0.2, 0) is 4.74 Å². The molecule has 1 heterocycles. The zero-order valence-corrected chi connectivity index (χ0v) is 11.3. The molecule has 1 rings (SSSR count). The highest BCUT2D eigenvalue weighted by molar-refractivity contribution is 9.10. The average Bonchev–Trinajstić information content (AvgIpc) is 2.74. The zero-order valence-electron chi connectivity index (χ0n) is 9.69. The molecule has 0 spiro atoms. The van der Waals surface area contributed by atoms with Gasteiger partial charge in [0.25, 0.3) is 5.91 Å². The van der Waals surface area contributed by atoms with Crippen LogP contribution in [0, 0.1) is 0 Å². The van der Waals surface area contributed by atoms with Crippen LogP contribution in [0.5, 0.6) is 0 Å². The van der Waals surface area contributed by atoms with Crippen molar-refractivity contribution in [1.29, 1.82) is 0 Å². The molecule has 1 amide bonds. The molecule has 0 aliphatic carbocycles. The molecule has 0 fully saturated rings. The number of rotatable bonds is 7. The number of ether oxygens (including phenoxy) is 1. The summed E-state index contributed by atoms with van der Waals surface area (Å²) in [5.41, 5.74) is 0. The molecule has 96 valence electrons. The fourth-order valence-electron chi connectivity index (χ4n) is 1.42. The molecule has 0 bridgehead atoms. The summed E-state index contributed by atoms with van der Waals surface area (Å²) in [5, 5.41) is 8.93. The van der Waals surface area contributed by atoms with Crippen molar-refractivity contribution in [2.75, 3.05) is 33.4 Å². The van der Waals surface area contributed by atoms with Crippen LogP contribution in [0.1, 0.15) is 17.0 Å². The van der Waals surface area contributed by atoms with Crippen molar-refractivity contribution < 1.29 is 19.1 Å². The normalized spacial score (nSPS) is 10.5. The van der Waals surface area contributed by atoms with Gasteiger partial charge in [-0.2, -0.15) is 0 Å². The number of nitrogens with zero attached hydrogens (tertiary/aromatic N) is 1. The third-order valence-corrected chi connectivity index (χ3v) is 2.64. The minimum Gasteiger partial charge on any atom is -0.444 e. The van der Waals surface area contributed by atoms with Crippen LogP contribution in [0.25, 0.3) is 0 Å². The largest absolute Gasteiger partial charge is 0.444 e. The first kappa shape index (κ1) is 14.2. The lowest BCUT2D eigenvalue weighted by molar-refractivity contribution is 0.0669. The molecular weight excluding hydrogens is 290 g/mol. The summed E-state index contributed by atoms with van der Waals surface area (Å²) in [7, 11) is 1.61. The molecule has 0 aliphatic rings. The summed E-state index contributed by atoms with van der Waals surface area (Å²) in [6.45, 7) is 1.34. The Morgan fingerprint density at radius 3 is 2.82 bits per heavy atom. The second-order valence-electron chi connectivity index (χ2n) is 3.47. The number of furan rings is 1. The molecule has 6 heteroatoms. The van der Waals surface area contributed by atoms with Crippen LogP contribution < -0.4 is 0 Å². The Morgan fingerprint density at radius 1 is 1.53 bits per heavy atom. The second kappa shape index (κ2) is 7.47. The molecule has 1 aromatic rings.